The van der Waals surface area contributed by atoms with E-state index in [9.17, 15) is 9.59 Å². The Morgan fingerprint density at radius 2 is 2.28 bits per heavy atom. The van der Waals surface area contributed by atoms with Gasteiger partial charge in [-0.3, -0.25) is 4.79 Å². The number of esters is 1. The molecule has 0 spiro atoms. The zero-order chi connectivity index (χ0) is 13.3. The highest BCUT2D eigenvalue weighted by Gasteiger charge is 2.47. The molecule has 2 heterocycles. The van der Waals surface area contributed by atoms with Crippen LogP contribution >= 0.6 is 0 Å². The first-order valence-corrected chi connectivity index (χ1v) is 6.66. The van der Waals surface area contributed by atoms with Crippen molar-refractivity contribution in [2.45, 2.75) is 38.8 Å². The van der Waals surface area contributed by atoms with Gasteiger partial charge in [0, 0.05) is 12.5 Å². The first-order valence-electron chi connectivity index (χ1n) is 6.66. The number of carbonyl (C=O) groups excluding carboxylic acids is 2. The van der Waals surface area contributed by atoms with Gasteiger partial charge in [0.25, 0.3) is 0 Å². The minimum Gasteiger partial charge on any atom is -0.467 e. The number of likely N-dealkylation sites (tertiary alicyclic amines) is 1. The number of nitrogens with zero attached hydrogens (tertiary/aromatic N) is 1. The second kappa shape index (κ2) is 5.26. The Morgan fingerprint density at radius 1 is 1.56 bits per heavy atom. The van der Waals surface area contributed by atoms with E-state index in [1.54, 1.807) is 4.90 Å². The van der Waals surface area contributed by atoms with E-state index in [2.05, 4.69) is 19.2 Å². The van der Waals surface area contributed by atoms with Crippen LogP contribution in [0.1, 0.15) is 26.7 Å². The van der Waals surface area contributed by atoms with Gasteiger partial charge in [0.2, 0.25) is 5.91 Å². The van der Waals surface area contributed by atoms with E-state index in [1.807, 2.05) is 0 Å². The van der Waals surface area contributed by atoms with Crippen molar-refractivity contribution in [3.05, 3.63) is 0 Å². The third kappa shape index (κ3) is 2.36. The van der Waals surface area contributed by atoms with E-state index in [0.717, 1.165) is 13.0 Å². The van der Waals surface area contributed by atoms with Crippen LogP contribution < -0.4 is 5.32 Å². The fourth-order valence-electron chi connectivity index (χ4n) is 2.98. The van der Waals surface area contributed by atoms with E-state index in [0.29, 0.717) is 24.8 Å². The van der Waals surface area contributed by atoms with Crippen LogP contribution in [0.25, 0.3) is 0 Å². The number of nitrogens with one attached hydrogen (secondary N) is 1. The Morgan fingerprint density at radius 3 is 2.83 bits per heavy atom. The van der Waals surface area contributed by atoms with Gasteiger partial charge in [0.05, 0.1) is 13.2 Å². The standard InChI is InChI=1S/C13H22N2O3/c1-8(2)6-10(13(17)18-3)15-7-9-4-5-14-11(9)12(15)16/h8-11,14H,4-7H2,1-3H3/t9-,10+,11-/m1/s1. The van der Waals surface area contributed by atoms with Crippen LogP contribution in [0.4, 0.5) is 0 Å². The SMILES string of the molecule is COC(=O)[C@H](CC(C)C)N1C[C@H]2CCN[C@H]2C1=O. The van der Waals surface area contributed by atoms with Gasteiger partial charge in [-0.2, -0.15) is 0 Å². The summed E-state index contributed by atoms with van der Waals surface area (Å²) in [6, 6.07) is -0.501. The van der Waals surface area contributed by atoms with Crippen molar-refractivity contribution in [3.63, 3.8) is 0 Å². The number of rotatable bonds is 4. The summed E-state index contributed by atoms with van der Waals surface area (Å²) < 4.78 is 4.84. The maximum atomic E-state index is 12.3. The van der Waals surface area contributed by atoms with Crippen LogP contribution in [0.3, 0.4) is 0 Å². The van der Waals surface area contributed by atoms with Crippen LogP contribution in [0, 0.1) is 11.8 Å². The van der Waals surface area contributed by atoms with E-state index >= 15 is 0 Å². The quantitative estimate of drug-likeness (QED) is 0.738. The number of methoxy groups -OCH3 is 1. The van der Waals surface area contributed by atoms with Gasteiger partial charge in [0.15, 0.2) is 0 Å². The predicted octanol–water partition coefficient (Wildman–Crippen LogP) is 0.394. The lowest BCUT2D eigenvalue weighted by atomic mass is 10.0. The summed E-state index contributed by atoms with van der Waals surface area (Å²) >= 11 is 0. The Bertz CT molecular complexity index is 343. The van der Waals surface area contributed by atoms with Crippen LogP contribution in [0.5, 0.6) is 0 Å². The summed E-state index contributed by atoms with van der Waals surface area (Å²) in [7, 11) is 1.38. The fourth-order valence-corrected chi connectivity index (χ4v) is 2.98. The monoisotopic (exact) mass is 254 g/mol. The summed E-state index contributed by atoms with van der Waals surface area (Å²) in [5, 5.41) is 3.22. The minimum atomic E-state index is -0.421. The molecule has 0 unspecified atom stereocenters. The number of carbonyl (C=O) groups is 2. The fraction of sp³-hybridized carbons (Fsp3) is 0.846. The highest BCUT2D eigenvalue weighted by Crippen LogP contribution is 2.29. The Kier molecular flexibility index (Phi) is 3.90. The molecular formula is C13H22N2O3. The van der Waals surface area contributed by atoms with Crippen LogP contribution in [0.2, 0.25) is 0 Å². The number of hydrogen-bond donors (Lipinski definition) is 1. The molecule has 102 valence electrons. The highest BCUT2D eigenvalue weighted by atomic mass is 16.5. The van der Waals surface area contributed by atoms with Gasteiger partial charge in [0.1, 0.15) is 6.04 Å². The third-order valence-electron chi connectivity index (χ3n) is 3.88. The summed E-state index contributed by atoms with van der Waals surface area (Å²) in [5.41, 5.74) is 0. The average molecular weight is 254 g/mol. The number of amides is 1. The summed E-state index contributed by atoms with van der Waals surface area (Å²) in [6.45, 7) is 5.69. The maximum Gasteiger partial charge on any atom is 0.328 e. The molecule has 1 N–H and O–H groups in total. The first-order chi connectivity index (χ1) is 8.54. The third-order valence-corrected chi connectivity index (χ3v) is 3.88. The molecule has 2 fully saturated rings. The Balaban J connectivity index is 2.11. The van der Waals surface area contributed by atoms with Crippen LogP contribution in [0.15, 0.2) is 0 Å². The molecule has 1 amide bonds. The van der Waals surface area contributed by atoms with E-state index in [-0.39, 0.29) is 17.9 Å². The van der Waals surface area contributed by atoms with Gasteiger partial charge < -0.3 is 15.0 Å². The minimum absolute atomic E-state index is 0.0635. The molecule has 0 bridgehead atoms. The summed E-state index contributed by atoms with van der Waals surface area (Å²) in [6.07, 6.45) is 1.68. The molecule has 0 aliphatic carbocycles. The Hall–Kier alpha value is -1.10. The van der Waals surface area contributed by atoms with Crippen molar-refractivity contribution in [2.75, 3.05) is 20.2 Å². The molecule has 2 saturated heterocycles. The number of fused-ring (bicyclic) bond motifs is 1. The van der Waals surface area contributed by atoms with Gasteiger partial charge in [-0.05, 0) is 25.3 Å². The van der Waals surface area contributed by atoms with Crippen molar-refractivity contribution < 1.29 is 14.3 Å². The van der Waals surface area contributed by atoms with Crippen molar-refractivity contribution >= 4 is 11.9 Å². The lowest BCUT2D eigenvalue weighted by Gasteiger charge is -2.27. The van der Waals surface area contributed by atoms with Gasteiger partial charge in [-0.25, -0.2) is 4.79 Å². The van der Waals surface area contributed by atoms with E-state index in [4.69, 9.17) is 4.74 Å². The molecule has 0 radical (unpaired) electrons. The number of ether oxygens (including phenoxy) is 1. The van der Waals surface area contributed by atoms with E-state index < -0.39 is 6.04 Å². The zero-order valence-corrected chi connectivity index (χ0v) is 11.3. The van der Waals surface area contributed by atoms with Crippen molar-refractivity contribution in [1.29, 1.82) is 0 Å². The molecule has 18 heavy (non-hydrogen) atoms. The highest BCUT2D eigenvalue weighted by molar-refractivity contribution is 5.90. The second-order valence-corrected chi connectivity index (χ2v) is 5.64. The average Bonchev–Trinajstić information content (AvgIpc) is 2.89. The molecule has 0 aromatic carbocycles. The van der Waals surface area contributed by atoms with Crippen LogP contribution in [-0.2, 0) is 14.3 Å². The molecule has 2 aliphatic heterocycles. The second-order valence-electron chi connectivity index (χ2n) is 5.64. The molecule has 3 atom stereocenters. The van der Waals surface area contributed by atoms with Crippen molar-refractivity contribution in [2.24, 2.45) is 11.8 Å². The normalized spacial score (nSPS) is 28.7. The predicted molar refractivity (Wildman–Crippen MR) is 66.9 cm³/mol. The lowest BCUT2D eigenvalue weighted by molar-refractivity contribution is -0.152. The first kappa shape index (κ1) is 13.3. The molecular weight excluding hydrogens is 232 g/mol. The van der Waals surface area contributed by atoms with Crippen LogP contribution in [-0.4, -0.2) is 49.1 Å². The topological polar surface area (TPSA) is 58.6 Å². The molecule has 2 rings (SSSR count). The maximum absolute atomic E-state index is 12.3. The summed E-state index contributed by atoms with van der Waals surface area (Å²) in [4.78, 5) is 25.9. The van der Waals surface area contributed by atoms with Gasteiger partial charge in [-0.1, -0.05) is 13.8 Å². The smallest absolute Gasteiger partial charge is 0.328 e. The largest absolute Gasteiger partial charge is 0.467 e. The van der Waals surface area contributed by atoms with Crippen molar-refractivity contribution in [1.82, 2.24) is 10.2 Å². The summed E-state index contributed by atoms with van der Waals surface area (Å²) in [5.74, 6) is 0.484. The zero-order valence-electron chi connectivity index (χ0n) is 11.3. The molecule has 0 saturated carbocycles. The van der Waals surface area contributed by atoms with Gasteiger partial charge >= 0.3 is 5.97 Å². The van der Waals surface area contributed by atoms with Crippen molar-refractivity contribution in [3.8, 4) is 0 Å². The Labute approximate surface area is 108 Å². The molecule has 5 nitrogen and oxygen atoms in total. The number of hydrogen-bond acceptors (Lipinski definition) is 4. The van der Waals surface area contributed by atoms with Gasteiger partial charge in [-0.15, -0.1) is 0 Å². The molecule has 0 aromatic rings. The molecule has 0 aromatic heterocycles. The lowest BCUT2D eigenvalue weighted by Crippen LogP contribution is -2.47. The molecule has 5 heteroatoms. The van der Waals surface area contributed by atoms with E-state index in [1.165, 1.54) is 7.11 Å². The molecule has 2 aliphatic rings.